The molecule has 94 valence electrons. The number of aliphatic hydroxyl groups is 1. The highest BCUT2D eigenvalue weighted by molar-refractivity contribution is 5.34. The molecule has 1 aliphatic carbocycles. The van der Waals surface area contributed by atoms with E-state index in [0.717, 1.165) is 18.6 Å². The second kappa shape index (κ2) is 4.96. The molecule has 1 aromatic carbocycles. The van der Waals surface area contributed by atoms with Crippen molar-refractivity contribution in [3.63, 3.8) is 0 Å². The van der Waals surface area contributed by atoms with Crippen LogP contribution in [0.15, 0.2) is 47.1 Å². The first kappa shape index (κ1) is 11.5. The second-order valence-corrected chi connectivity index (χ2v) is 4.71. The monoisotopic (exact) mass is 243 g/mol. The fourth-order valence-corrected chi connectivity index (χ4v) is 2.69. The number of furan rings is 1. The molecule has 2 unspecified atom stereocenters. The van der Waals surface area contributed by atoms with E-state index in [4.69, 9.17) is 4.42 Å². The Morgan fingerprint density at radius 2 is 2.17 bits per heavy atom. The number of hydrogen-bond acceptors (Lipinski definition) is 3. The number of rotatable bonds is 4. The summed E-state index contributed by atoms with van der Waals surface area (Å²) in [7, 11) is 0. The van der Waals surface area contributed by atoms with Crippen LogP contribution in [0.5, 0.6) is 0 Å². The molecule has 1 aromatic heterocycles. The largest absolute Gasteiger partial charge is 0.468 e. The normalized spacial score (nSPS) is 19.7. The molecule has 0 bridgehead atoms. The molecule has 0 saturated heterocycles. The molecule has 0 fully saturated rings. The summed E-state index contributed by atoms with van der Waals surface area (Å²) in [5.41, 5.74) is 2.76. The van der Waals surface area contributed by atoms with Crippen molar-refractivity contribution in [3.05, 3.63) is 59.5 Å². The van der Waals surface area contributed by atoms with E-state index < -0.39 is 0 Å². The summed E-state index contributed by atoms with van der Waals surface area (Å²) in [6, 6.07) is 12.4. The van der Waals surface area contributed by atoms with Gasteiger partial charge in [0.15, 0.2) is 0 Å². The van der Waals surface area contributed by atoms with Crippen molar-refractivity contribution in [2.45, 2.75) is 24.9 Å². The van der Waals surface area contributed by atoms with Crippen LogP contribution in [0.3, 0.4) is 0 Å². The molecule has 3 rings (SSSR count). The SMILES string of the molecule is OCC(NC1CCc2ccccc21)c1ccco1. The second-order valence-electron chi connectivity index (χ2n) is 4.71. The van der Waals surface area contributed by atoms with Gasteiger partial charge in [-0.15, -0.1) is 0 Å². The van der Waals surface area contributed by atoms with Gasteiger partial charge in [-0.2, -0.15) is 0 Å². The lowest BCUT2D eigenvalue weighted by Gasteiger charge is -2.20. The molecule has 2 N–H and O–H groups in total. The summed E-state index contributed by atoms with van der Waals surface area (Å²) in [4.78, 5) is 0. The van der Waals surface area contributed by atoms with E-state index in [1.807, 2.05) is 12.1 Å². The van der Waals surface area contributed by atoms with E-state index in [2.05, 4.69) is 29.6 Å². The van der Waals surface area contributed by atoms with E-state index in [9.17, 15) is 5.11 Å². The van der Waals surface area contributed by atoms with Crippen LogP contribution in [-0.4, -0.2) is 11.7 Å². The quantitative estimate of drug-likeness (QED) is 0.867. The minimum atomic E-state index is -0.129. The average molecular weight is 243 g/mol. The molecule has 1 heterocycles. The molecule has 3 heteroatoms. The first-order valence-corrected chi connectivity index (χ1v) is 6.36. The van der Waals surface area contributed by atoms with E-state index >= 15 is 0 Å². The highest BCUT2D eigenvalue weighted by atomic mass is 16.3. The molecule has 0 radical (unpaired) electrons. The Morgan fingerprint density at radius 3 is 2.94 bits per heavy atom. The minimum absolute atomic E-state index is 0.0478. The molecule has 0 amide bonds. The average Bonchev–Trinajstić information content (AvgIpc) is 3.06. The maximum absolute atomic E-state index is 9.48. The topological polar surface area (TPSA) is 45.4 Å². The van der Waals surface area contributed by atoms with Crippen molar-refractivity contribution in [2.24, 2.45) is 0 Å². The van der Waals surface area contributed by atoms with Crippen LogP contribution in [0.2, 0.25) is 0 Å². The molecule has 1 aliphatic rings. The summed E-state index contributed by atoms with van der Waals surface area (Å²) in [6.45, 7) is 0.0478. The summed E-state index contributed by atoms with van der Waals surface area (Å²) in [5.74, 6) is 0.793. The van der Waals surface area contributed by atoms with Crippen molar-refractivity contribution in [2.75, 3.05) is 6.61 Å². The Hall–Kier alpha value is -1.58. The fraction of sp³-hybridized carbons (Fsp3) is 0.333. The number of aliphatic hydroxyl groups excluding tert-OH is 1. The van der Waals surface area contributed by atoms with Crippen molar-refractivity contribution in [1.29, 1.82) is 0 Å². The van der Waals surface area contributed by atoms with Gasteiger partial charge in [0.1, 0.15) is 5.76 Å². The van der Waals surface area contributed by atoms with Crippen molar-refractivity contribution in [1.82, 2.24) is 5.32 Å². The molecule has 2 atom stereocenters. The van der Waals surface area contributed by atoms with Crippen molar-refractivity contribution >= 4 is 0 Å². The predicted molar refractivity (Wildman–Crippen MR) is 69.2 cm³/mol. The van der Waals surface area contributed by atoms with Crippen molar-refractivity contribution in [3.8, 4) is 0 Å². The van der Waals surface area contributed by atoms with E-state index in [1.165, 1.54) is 11.1 Å². The van der Waals surface area contributed by atoms with Gasteiger partial charge in [-0.25, -0.2) is 0 Å². The van der Waals surface area contributed by atoms with Gasteiger partial charge >= 0.3 is 0 Å². The van der Waals surface area contributed by atoms with E-state index in [-0.39, 0.29) is 12.6 Å². The predicted octanol–water partition coefficient (Wildman–Crippen LogP) is 2.59. The van der Waals surface area contributed by atoms with Gasteiger partial charge in [0.05, 0.1) is 18.9 Å². The standard InChI is InChI=1S/C15H17NO2/c17-10-14(15-6-3-9-18-15)16-13-8-7-11-4-1-2-5-12(11)13/h1-6,9,13-14,16-17H,7-8,10H2. The number of benzene rings is 1. The highest BCUT2D eigenvalue weighted by Crippen LogP contribution is 2.32. The lowest BCUT2D eigenvalue weighted by molar-refractivity contribution is 0.214. The molecule has 3 nitrogen and oxygen atoms in total. The number of hydrogen-bond donors (Lipinski definition) is 2. The minimum Gasteiger partial charge on any atom is -0.468 e. The third kappa shape index (κ3) is 2.07. The fourth-order valence-electron chi connectivity index (χ4n) is 2.69. The zero-order valence-corrected chi connectivity index (χ0v) is 10.2. The van der Waals surface area contributed by atoms with Gasteiger partial charge in [-0.05, 0) is 36.1 Å². The molecule has 18 heavy (non-hydrogen) atoms. The van der Waals surface area contributed by atoms with Gasteiger partial charge in [0.2, 0.25) is 0 Å². The number of aryl methyl sites for hydroxylation is 1. The van der Waals surface area contributed by atoms with Crippen LogP contribution in [0.4, 0.5) is 0 Å². The van der Waals surface area contributed by atoms with Crippen LogP contribution in [-0.2, 0) is 6.42 Å². The van der Waals surface area contributed by atoms with Crippen LogP contribution < -0.4 is 5.32 Å². The number of fused-ring (bicyclic) bond motifs is 1. The van der Waals surface area contributed by atoms with E-state index in [1.54, 1.807) is 6.26 Å². The molecule has 2 aromatic rings. The maximum atomic E-state index is 9.48. The summed E-state index contributed by atoms with van der Waals surface area (Å²) in [6.07, 6.45) is 3.82. The smallest absolute Gasteiger partial charge is 0.123 e. The summed E-state index contributed by atoms with van der Waals surface area (Å²) in [5, 5.41) is 13.0. The van der Waals surface area contributed by atoms with Crippen LogP contribution in [0.1, 0.15) is 35.4 Å². The first-order chi connectivity index (χ1) is 8.88. The first-order valence-electron chi connectivity index (χ1n) is 6.36. The van der Waals surface area contributed by atoms with Gasteiger partial charge in [0.25, 0.3) is 0 Å². The summed E-state index contributed by atoms with van der Waals surface area (Å²) >= 11 is 0. The number of nitrogens with one attached hydrogen (secondary N) is 1. The lowest BCUT2D eigenvalue weighted by Crippen LogP contribution is -2.27. The van der Waals surface area contributed by atoms with Crippen LogP contribution >= 0.6 is 0 Å². The van der Waals surface area contributed by atoms with Crippen molar-refractivity contribution < 1.29 is 9.52 Å². The van der Waals surface area contributed by atoms with E-state index in [0.29, 0.717) is 6.04 Å². The molecular formula is C15H17NO2. The molecule has 0 saturated carbocycles. The third-order valence-corrected chi connectivity index (χ3v) is 3.60. The van der Waals surface area contributed by atoms with Crippen LogP contribution in [0, 0.1) is 0 Å². The highest BCUT2D eigenvalue weighted by Gasteiger charge is 2.25. The van der Waals surface area contributed by atoms with Gasteiger partial charge in [-0.3, -0.25) is 5.32 Å². The maximum Gasteiger partial charge on any atom is 0.123 e. The Bertz CT molecular complexity index is 507. The Morgan fingerprint density at radius 1 is 1.28 bits per heavy atom. The van der Waals surface area contributed by atoms with Gasteiger partial charge in [0, 0.05) is 6.04 Å². The third-order valence-electron chi connectivity index (χ3n) is 3.60. The van der Waals surface area contributed by atoms with Gasteiger partial charge < -0.3 is 9.52 Å². The summed E-state index contributed by atoms with van der Waals surface area (Å²) < 4.78 is 5.36. The molecule has 0 aliphatic heterocycles. The Balaban J connectivity index is 1.77. The molecular weight excluding hydrogens is 226 g/mol. The van der Waals surface area contributed by atoms with Crippen LogP contribution in [0.25, 0.3) is 0 Å². The van der Waals surface area contributed by atoms with Gasteiger partial charge in [-0.1, -0.05) is 24.3 Å². The Kier molecular flexibility index (Phi) is 3.17. The lowest BCUT2D eigenvalue weighted by atomic mass is 10.1. The zero-order chi connectivity index (χ0) is 12.4. The Labute approximate surface area is 106 Å². The zero-order valence-electron chi connectivity index (χ0n) is 10.2. The molecule has 0 spiro atoms.